The van der Waals surface area contributed by atoms with Crippen LogP contribution >= 0.6 is 0 Å². The third-order valence-electron chi connectivity index (χ3n) is 5.45. The lowest BCUT2D eigenvalue weighted by atomic mass is 10.1. The van der Waals surface area contributed by atoms with Crippen molar-refractivity contribution < 1.29 is 18.8 Å². The van der Waals surface area contributed by atoms with Gasteiger partial charge in [-0.1, -0.05) is 0 Å². The fourth-order valence-corrected chi connectivity index (χ4v) is 3.78. The maximum atomic E-state index is 13.2. The van der Waals surface area contributed by atoms with E-state index in [9.17, 15) is 18.8 Å². The van der Waals surface area contributed by atoms with E-state index in [1.165, 1.54) is 19.1 Å². The van der Waals surface area contributed by atoms with Crippen molar-refractivity contribution in [1.29, 1.82) is 0 Å². The minimum absolute atomic E-state index is 0.0329. The lowest BCUT2D eigenvalue weighted by molar-refractivity contribution is -0.125. The van der Waals surface area contributed by atoms with E-state index in [1.807, 2.05) is 4.90 Å². The molecule has 3 N–H and O–H groups in total. The van der Waals surface area contributed by atoms with Crippen molar-refractivity contribution in [2.24, 2.45) is 4.99 Å². The molecule has 0 saturated carbocycles. The molecule has 0 spiro atoms. The van der Waals surface area contributed by atoms with Gasteiger partial charge in [0, 0.05) is 50.2 Å². The topological polar surface area (TPSA) is 106 Å². The van der Waals surface area contributed by atoms with E-state index in [4.69, 9.17) is 0 Å². The van der Waals surface area contributed by atoms with Crippen molar-refractivity contribution in [3.8, 4) is 0 Å². The van der Waals surface area contributed by atoms with Crippen LogP contribution in [-0.4, -0.2) is 60.8 Å². The second-order valence-electron chi connectivity index (χ2n) is 7.92. The first-order chi connectivity index (χ1) is 15.9. The van der Waals surface area contributed by atoms with Crippen LogP contribution in [0, 0.1) is 5.82 Å². The fourth-order valence-electron chi connectivity index (χ4n) is 3.78. The Balaban J connectivity index is 1.37. The van der Waals surface area contributed by atoms with Crippen LogP contribution in [0.4, 0.5) is 21.5 Å². The van der Waals surface area contributed by atoms with E-state index in [2.05, 4.69) is 25.8 Å². The molecular formula is C23H25FN6O3. The summed E-state index contributed by atoms with van der Waals surface area (Å²) in [6, 6.07) is 12.2. The quantitative estimate of drug-likeness (QED) is 0.656. The Kier molecular flexibility index (Phi) is 6.53. The van der Waals surface area contributed by atoms with Crippen molar-refractivity contribution in [2.75, 3.05) is 41.7 Å². The lowest BCUT2D eigenvalue weighted by Crippen LogP contribution is -2.56. The first kappa shape index (κ1) is 22.3. The maximum absolute atomic E-state index is 13.2. The van der Waals surface area contributed by atoms with Crippen molar-refractivity contribution in [1.82, 2.24) is 10.2 Å². The molecule has 1 saturated heterocycles. The Hall–Kier alpha value is -3.95. The lowest BCUT2D eigenvalue weighted by Gasteiger charge is -2.38. The number of guanidine groups is 1. The molecule has 172 valence electrons. The Morgan fingerprint density at radius 2 is 1.52 bits per heavy atom. The molecule has 2 aromatic rings. The van der Waals surface area contributed by atoms with E-state index < -0.39 is 6.04 Å². The zero-order valence-electron chi connectivity index (χ0n) is 18.2. The molecule has 0 unspecified atom stereocenters. The van der Waals surface area contributed by atoms with Gasteiger partial charge >= 0.3 is 0 Å². The van der Waals surface area contributed by atoms with Gasteiger partial charge in [-0.25, -0.2) is 9.38 Å². The van der Waals surface area contributed by atoms with Crippen molar-refractivity contribution in [3.63, 3.8) is 0 Å². The third kappa shape index (κ3) is 5.65. The molecular weight excluding hydrogens is 427 g/mol. The van der Waals surface area contributed by atoms with Crippen LogP contribution in [-0.2, 0) is 14.4 Å². The summed E-state index contributed by atoms with van der Waals surface area (Å²) in [7, 11) is 0. The van der Waals surface area contributed by atoms with Gasteiger partial charge in [-0.15, -0.1) is 0 Å². The molecule has 0 aliphatic carbocycles. The molecule has 2 heterocycles. The average Bonchev–Trinajstić information content (AvgIpc) is 2.80. The first-order valence-corrected chi connectivity index (χ1v) is 10.7. The molecule has 1 atom stereocenters. The Morgan fingerprint density at radius 3 is 2.12 bits per heavy atom. The standard InChI is InChI=1S/C23H25FN6O3/c1-15(31)25-17-4-6-18(7-5-17)26-22(33)20-14-21(32)28-23(27-20)30-12-10-29(11-13-30)19-8-2-16(24)3-9-19/h2-9,20H,10-14H2,1H3,(H,25,31)(H,26,33)(H,27,28,32)/t20-/m1/s1. The molecule has 0 aromatic heterocycles. The number of carbonyl (C=O) groups excluding carboxylic acids is 3. The van der Waals surface area contributed by atoms with E-state index in [0.717, 1.165) is 5.69 Å². The molecule has 4 rings (SSSR count). The molecule has 0 bridgehead atoms. The number of benzene rings is 2. The minimum atomic E-state index is -0.834. The molecule has 33 heavy (non-hydrogen) atoms. The summed E-state index contributed by atoms with van der Waals surface area (Å²) < 4.78 is 13.2. The highest BCUT2D eigenvalue weighted by Gasteiger charge is 2.30. The molecule has 3 amide bonds. The summed E-state index contributed by atoms with van der Waals surface area (Å²) in [6.45, 7) is 3.99. The van der Waals surface area contributed by atoms with Gasteiger partial charge in [-0.05, 0) is 48.5 Å². The number of anilines is 3. The Morgan fingerprint density at radius 1 is 0.939 bits per heavy atom. The monoisotopic (exact) mass is 452 g/mol. The van der Waals surface area contributed by atoms with Crippen LogP contribution in [0.2, 0.25) is 0 Å². The summed E-state index contributed by atoms with van der Waals surface area (Å²) in [5, 5.41) is 8.20. The summed E-state index contributed by atoms with van der Waals surface area (Å²) in [5.41, 5.74) is 2.11. The number of hydrogen-bond donors (Lipinski definition) is 3. The molecule has 1 fully saturated rings. The maximum Gasteiger partial charge on any atom is 0.249 e. The highest BCUT2D eigenvalue weighted by atomic mass is 19.1. The number of nitrogens with one attached hydrogen (secondary N) is 3. The van der Waals surface area contributed by atoms with Gasteiger partial charge in [0.05, 0.1) is 6.42 Å². The van der Waals surface area contributed by atoms with Gasteiger partial charge in [0.15, 0.2) is 0 Å². The second-order valence-corrected chi connectivity index (χ2v) is 7.92. The number of carbonyl (C=O) groups is 3. The van der Waals surface area contributed by atoms with E-state index >= 15 is 0 Å². The zero-order chi connectivity index (χ0) is 23.4. The fraction of sp³-hybridized carbons (Fsp3) is 0.304. The Bertz CT molecular complexity index is 1060. The molecule has 2 aliphatic heterocycles. The predicted molar refractivity (Wildman–Crippen MR) is 124 cm³/mol. The SMILES string of the molecule is CC(=O)Nc1ccc(NC(=O)[C@H]2CC(=O)NC(N3CCN(c4ccc(F)cc4)CC3)=N2)cc1. The number of rotatable bonds is 4. The predicted octanol–water partition coefficient (Wildman–Crippen LogP) is 1.79. The normalized spacial score (nSPS) is 18.3. The van der Waals surface area contributed by atoms with Gasteiger partial charge in [-0.2, -0.15) is 0 Å². The molecule has 10 heteroatoms. The van der Waals surface area contributed by atoms with Gasteiger partial charge in [-0.3, -0.25) is 19.7 Å². The third-order valence-corrected chi connectivity index (χ3v) is 5.45. The van der Waals surface area contributed by atoms with Crippen LogP contribution < -0.4 is 20.9 Å². The van der Waals surface area contributed by atoms with E-state index in [0.29, 0.717) is 43.5 Å². The van der Waals surface area contributed by atoms with Crippen LogP contribution in [0.3, 0.4) is 0 Å². The number of amides is 3. The van der Waals surface area contributed by atoms with Gasteiger partial charge in [0.25, 0.3) is 0 Å². The summed E-state index contributed by atoms with van der Waals surface area (Å²) >= 11 is 0. The van der Waals surface area contributed by atoms with Crippen molar-refractivity contribution >= 4 is 40.7 Å². The van der Waals surface area contributed by atoms with Crippen molar-refractivity contribution in [2.45, 2.75) is 19.4 Å². The summed E-state index contributed by atoms with van der Waals surface area (Å²) in [5.74, 6) is -0.696. The number of halogens is 1. The van der Waals surface area contributed by atoms with Crippen LogP contribution in [0.25, 0.3) is 0 Å². The number of piperazine rings is 1. The van der Waals surface area contributed by atoms with E-state index in [1.54, 1.807) is 36.4 Å². The van der Waals surface area contributed by atoms with Crippen LogP contribution in [0.15, 0.2) is 53.5 Å². The minimum Gasteiger partial charge on any atom is -0.368 e. The van der Waals surface area contributed by atoms with Gasteiger partial charge < -0.3 is 20.4 Å². The summed E-state index contributed by atoms with van der Waals surface area (Å²) in [6.07, 6.45) is -0.0329. The molecule has 0 radical (unpaired) electrons. The second kappa shape index (κ2) is 9.68. The number of hydrogen-bond acceptors (Lipinski definition) is 6. The Labute approximate surface area is 190 Å². The first-order valence-electron chi connectivity index (χ1n) is 10.7. The molecule has 9 nitrogen and oxygen atoms in total. The average molecular weight is 452 g/mol. The van der Waals surface area contributed by atoms with E-state index in [-0.39, 0.29) is 30.0 Å². The highest BCUT2D eigenvalue weighted by molar-refractivity contribution is 6.06. The largest absolute Gasteiger partial charge is 0.368 e. The molecule has 2 aromatic carbocycles. The van der Waals surface area contributed by atoms with Crippen molar-refractivity contribution in [3.05, 3.63) is 54.3 Å². The summed E-state index contributed by atoms with van der Waals surface area (Å²) in [4.78, 5) is 44.7. The zero-order valence-corrected chi connectivity index (χ0v) is 18.2. The highest BCUT2D eigenvalue weighted by Crippen LogP contribution is 2.19. The smallest absolute Gasteiger partial charge is 0.249 e. The molecule has 2 aliphatic rings. The number of nitrogens with zero attached hydrogens (tertiary/aromatic N) is 3. The number of aliphatic imine (C=N–C) groups is 1. The van der Waals surface area contributed by atoms with Gasteiger partial charge in [0.1, 0.15) is 11.9 Å². The van der Waals surface area contributed by atoms with Gasteiger partial charge in [0.2, 0.25) is 23.7 Å². The van der Waals surface area contributed by atoms with Crippen LogP contribution in [0.5, 0.6) is 0 Å². The van der Waals surface area contributed by atoms with Crippen LogP contribution in [0.1, 0.15) is 13.3 Å².